The van der Waals surface area contributed by atoms with Crippen molar-refractivity contribution in [3.05, 3.63) is 12.2 Å². The molecular weight excluding hydrogens is 270 g/mol. The van der Waals surface area contributed by atoms with Gasteiger partial charge in [0.1, 0.15) is 0 Å². The lowest BCUT2D eigenvalue weighted by atomic mass is 10.3. The third kappa shape index (κ3) is 9.72. The smallest absolute Gasteiger partial charge is 0.330 e. The normalized spacial score (nSPS) is 9.79. The molecule has 0 radical (unpaired) electrons. The van der Waals surface area contributed by atoms with Crippen molar-refractivity contribution in [2.45, 2.75) is 26.7 Å². The summed E-state index contributed by atoms with van der Waals surface area (Å²) in [6, 6.07) is 0. The quantitative estimate of drug-likeness (QED) is 0.283. The van der Waals surface area contributed by atoms with Gasteiger partial charge in [-0.2, -0.15) is 0 Å². The largest absolute Gasteiger partial charge is 0.463 e. The SMILES string of the molecule is CCCC(=O)NNC(=S)NC(=O)/C=C/C(=O)OCC. The molecule has 0 unspecified atom stereocenters. The average Bonchev–Trinajstić information content (AvgIpc) is 2.35. The Balaban J connectivity index is 3.96. The fourth-order valence-corrected chi connectivity index (χ4v) is 1.09. The summed E-state index contributed by atoms with van der Waals surface area (Å²) in [7, 11) is 0. The fraction of sp³-hybridized carbons (Fsp3) is 0.455. The predicted octanol–water partition coefficient (Wildman–Crippen LogP) is -0.0723. The molecule has 0 aliphatic carbocycles. The number of ether oxygens (including phenoxy) is 1. The van der Waals surface area contributed by atoms with Crippen LogP contribution in [0.1, 0.15) is 26.7 Å². The van der Waals surface area contributed by atoms with Gasteiger partial charge in [-0.05, 0) is 25.6 Å². The first-order valence-electron chi connectivity index (χ1n) is 5.74. The van der Waals surface area contributed by atoms with Crippen LogP contribution in [0.5, 0.6) is 0 Å². The lowest BCUT2D eigenvalue weighted by molar-refractivity contribution is -0.137. The summed E-state index contributed by atoms with van der Waals surface area (Å²) < 4.78 is 4.59. The molecule has 19 heavy (non-hydrogen) atoms. The van der Waals surface area contributed by atoms with Crippen molar-refractivity contribution in [1.29, 1.82) is 0 Å². The van der Waals surface area contributed by atoms with Gasteiger partial charge in [0.05, 0.1) is 6.61 Å². The highest BCUT2D eigenvalue weighted by Gasteiger charge is 2.03. The molecule has 0 bridgehead atoms. The molecule has 0 aromatic carbocycles. The molecule has 106 valence electrons. The molecule has 0 aliphatic rings. The van der Waals surface area contributed by atoms with E-state index < -0.39 is 11.9 Å². The molecule has 0 atom stereocenters. The predicted molar refractivity (Wildman–Crippen MR) is 72.7 cm³/mol. The standard InChI is InChI=1S/C11H17N3O4S/c1-3-5-9(16)13-14-11(19)12-8(15)6-7-10(17)18-4-2/h6-7H,3-5H2,1-2H3,(H,13,16)(H2,12,14,15,19)/b7-6+. The van der Waals surface area contributed by atoms with Gasteiger partial charge in [-0.15, -0.1) is 0 Å². The van der Waals surface area contributed by atoms with E-state index >= 15 is 0 Å². The zero-order chi connectivity index (χ0) is 14.7. The Morgan fingerprint density at radius 2 is 1.84 bits per heavy atom. The molecule has 0 heterocycles. The molecule has 0 fully saturated rings. The van der Waals surface area contributed by atoms with Crippen LogP contribution in [-0.4, -0.2) is 29.5 Å². The van der Waals surface area contributed by atoms with Crippen LogP contribution in [0.15, 0.2) is 12.2 Å². The van der Waals surface area contributed by atoms with Crippen LogP contribution in [-0.2, 0) is 19.1 Å². The Labute approximate surface area is 116 Å². The summed E-state index contributed by atoms with van der Waals surface area (Å²) >= 11 is 4.76. The van der Waals surface area contributed by atoms with Crippen molar-refractivity contribution in [2.24, 2.45) is 0 Å². The molecule has 8 heteroatoms. The van der Waals surface area contributed by atoms with Crippen molar-refractivity contribution in [2.75, 3.05) is 6.61 Å². The van der Waals surface area contributed by atoms with Crippen LogP contribution < -0.4 is 16.2 Å². The van der Waals surface area contributed by atoms with Crippen LogP contribution in [0.25, 0.3) is 0 Å². The highest BCUT2D eigenvalue weighted by molar-refractivity contribution is 7.80. The van der Waals surface area contributed by atoms with Crippen molar-refractivity contribution in [3.8, 4) is 0 Å². The highest BCUT2D eigenvalue weighted by atomic mass is 32.1. The first-order chi connectivity index (χ1) is 8.99. The van der Waals surface area contributed by atoms with Gasteiger partial charge < -0.3 is 4.74 Å². The molecule has 0 aromatic rings. The zero-order valence-electron chi connectivity index (χ0n) is 10.8. The third-order valence-corrected chi connectivity index (χ3v) is 1.89. The van der Waals surface area contributed by atoms with E-state index in [2.05, 4.69) is 20.9 Å². The summed E-state index contributed by atoms with van der Waals surface area (Å²) in [4.78, 5) is 33.3. The number of carbonyl (C=O) groups excluding carboxylic acids is 3. The van der Waals surface area contributed by atoms with E-state index in [1.54, 1.807) is 6.92 Å². The van der Waals surface area contributed by atoms with E-state index in [1.165, 1.54) is 0 Å². The summed E-state index contributed by atoms with van der Waals surface area (Å²) in [5, 5.41) is 2.18. The number of hydrazine groups is 1. The van der Waals surface area contributed by atoms with Crippen molar-refractivity contribution >= 4 is 35.1 Å². The van der Waals surface area contributed by atoms with Crippen LogP contribution in [0, 0.1) is 0 Å². The second kappa shape index (κ2) is 10.0. The van der Waals surface area contributed by atoms with E-state index in [1.807, 2.05) is 6.92 Å². The van der Waals surface area contributed by atoms with Crippen molar-refractivity contribution in [3.63, 3.8) is 0 Å². The van der Waals surface area contributed by atoms with Crippen LogP contribution in [0.2, 0.25) is 0 Å². The second-order valence-corrected chi connectivity index (χ2v) is 3.74. The number of thiocarbonyl (C=S) groups is 1. The number of rotatable bonds is 5. The average molecular weight is 287 g/mol. The Kier molecular flexibility index (Phi) is 8.98. The number of esters is 1. The van der Waals surface area contributed by atoms with Gasteiger partial charge in [-0.1, -0.05) is 6.92 Å². The number of carbonyl (C=O) groups is 3. The van der Waals surface area contributed by atoms with Gasteiger partial charge in [0.15, 0.2) is 5.11 Å². The number of amides is 2. The molecule has 2 amide bonds. The molecule has 0 aromatic heterocycles. The first kappa shape index (κ1) is 17.0. The van der Waals surface area contributed by atoms with Crippen LogP contribution in [0.3, 0.4) is 0 Å². The summed E-state index contributed by atoms with van der Waals surface area (Å²) in [6.45, 7) is 3.75. The van der Waals surface area contributed by atoms with Gasteiger partial charge >= 0.3 is 5.97 Å². The highest BCUT2D eigenvalue weighted by Crippen LogP contribution is 1.84. The lowest BCUT2D eigenvalue weighted by Gasteiger charge is -2.08. The zero-order valence-corrected chi connectivity index (χ0v) is 11.6. The monoisotopic (exact) mass is 287 g/mol. The maximum Gasteiger partial charge on any atom is 0.330 e. The Bertz CT molecular complexity index is 382. The maximum atomic E-state index is 11.3. The summed E-state index contributed by atoms with van der Waals surface area (Å²) in [6.07, 6.45) is 3.03. The number of hydrogen-bond donors (Lipinski definition) is 3. The van der Waals surface area contributed by atoms with Gasteiger partial charge in [-0.3, -0.25) is 25.8 Å². The fourth-order valence-electron chi connectivity index (χ4n) is 0.935. The molecule has 0 saturated heterocycles. The Morgan fingerprint density at radius 3 is 2.42 bits per heavy atom. The second-order valence-electron chi connectivity index (χ2n) is 3.33. The molecule has 0 saturated carbocycles. The van der Waals surface area contributed by atoms with Crippen LogP contribution >= 0.6 is 12.2 Å². The van der Waals surface area contributed by atoms with E-state index in [4.69, 9.17) is 12.2 Å². The van der Waals surface area contributed by atoms with Crippen molar-refractivity contribution < 1.29 is 19.1 Å². The minimum Gasteiger partial charge on any atom is -0.463 e. The molecular formula is C11H17N3O4S. The molecule has 0 spiro atoms. The Morgan fingerprint density at radius 1 is 1.16 bits per heavy atom. The van der Waals surface area contributed by atoms with Gasteiger partial charge in [0.2, 0.25) is 11.8 Å². The van der Waals surface area contributed by atoms with Crippen molar-refractivity contribution in [1.82, 2.24) is 16.2 Å². The van der Waals surface area contributed by atoms with E-state index in [-0.39, 0.29) is 17.6 Å². The lowest BCUT2D eigenvalue weighted by Crippen LogP contribution is -2.48. The number of nitrogens with one attached hydrogen (secondary N) is 3. The topological polar surface area (TPSA) is 96.5 Å². The summed E-state index contributed by atoms with van der Waals surface area (Å²) in [5.41, 5.74) is 4.67. The third-order valence-electron chi connectivity index (χ3n) is 1.69. The first-order valence-corrected chi connectivity index (χ1v) is 6.15. The maximum absolute atomic E-state index is 11.3. The van der Waals surface area contributed by atoms with Crippen LogP contribution in [0.4, 0.5) is 0 Å². The van der Waals surface area contributed by atoms with Gasteiger partial charge in [0, 0.05) is 18.6 Å². The molecule has 3 N–H and O–H groups in total. The Hall–Kier alpha value is -1.96. The molecule has 0 rings (SSSR count). The van der Waals surface area contributed by atoms with Gasteiger partial charge in [-0.25, -0.2) is 4.79 Å². The van der Waals surface area contributed by atoms with E-state index in [9.17, 15) is 14.4 Å². The molecule has 0 aliphatic heterocycles. The van der Waals surface area contributed by atoms with E-state index in [0.29, 0.717) is 12.8 Å². The minimum atomic E-state index is -0.618. The summed E-state index contributed by atoms with van der Waals surface area (Å²) in [5.74, 6) is -1.45. The van der Waals surface area contributed by atoms with E-state index in [0.717, 1.165) is 12.2 Å². The van der Waals surface area contributed by atoms with Gasteiger partial charge in [0.25, 0.3) is 0 Å². The number of hydrogen-bond acceptors (Lipinski definition) is 5. The molecule has 7 nitrogen and oxygen atoms in total. The minimum absolute atomic E-state index is 0.0667.